The molecule has 1 N–H and O–H groups in total. The first-order valence-corrected chi connectivity index (χ1v) is 10.7. The van der Waals surface area contributed by atoms with E-state index in [4.69, 9.17) is 25.8 Å². The van der Waals surface area contributed by atoms with E-state index in [9.17, 15) is 9.59 Å². The van der Waals surface area contributed by atoms with Crippen LogP contribution in [0.2, 0.25) is 5.02 Å². The fourth-order valence-corrected chi connectivity index (χ4v) is 3.63. The Balaban J connectivity index is 1.45. The Morgan fingerprint density at radius 3 is 2.53 bits per heavy atom. The Bertz CT molecular complexity index is 1140. The second kappa shape index (κ2) is 10.9. The first kappa shape index (κ1) is 23.5. The van der Waals surface area contributed by atoms with Crippen molar-refractivity contribution in [2.24, 2.45) is 0 Å². The summed E-state index contributed by atoms with van der Waals surface area (Å²) < 4.78 is 16.3. The van der Waals surface area contributed by atoms with Crippen LogP contribution in [-0.2, 0) is 11.2 Å². The van der Waals surface area contributed by atoms with Gasteiger partial charge in [0.15, 0.2) is 11.5 Å². The number of aromatic amines is 1. The highest BCUT2D eigenvalue weighted by molar-refractivity contribution is 6.36. The smallest absolute Gasteiger partial charge is 0.248 e. The summed E-state index contributed by atoms with van der Waals surface area (Å²) in [4.78, 5) is 28.3. The monoisotopic (exact) mass is 458 g/mol. The average molecular weight is 459 g/mol. The third-order valence-electron chi connectivity index (χ3n) is 5.21. The minimum absolute atomic E-state index is 0.0521. The van der Waals surface area contributed by atoms with Crippen LogP contribution in [0.15, 0.2) is 47.3 Å². The topological polar surface area (TPSA) is 80.9 Å². The number of halogens is 1. The van der Waals surface area contributed by atoms with E-state index in [-0.39, 0.29) is 11.5 Å². The molecule has 1 aromatic heterocycles. The van der Waals surface area contributed by atoms with Gasteiger partial charge in [-0.05, 0) is 48.7 Å². The van der Waals surface area contributed by atoms with Crippen LogP contribution >= 0.6 is 11.6 Å². The number of benzene rings is 2. The maximum Gasteiger partial charge on any atom is 0.248 e. The molecule has 0 aliphatic heterocycles. The number of rotatable bonds is 10. The van der Waals surface area contributed by atoms with Crippen molar-refractivity contribution in [2.75, 3.05) is 34.4 Å². The van der Waals surface area contributed by atoms with Crippen molar-refractivity contribution in [1.29, 1.82) is 0 Å². The molecule has 0 fully saturated rings. The summed E-state index contributed by atoms with van der Waals surface area (Å²) in [7, 11) is 5.00. The van der Waals surface area contributed by atoms with Crippen LogP contribution in [0.25, 0.3) is 10.9 Å². The number of hydrogen-bond donors (Lipinski definition) is 1. The number of carbonyl (C=O) groups is 1. The molecule has 7 nitrogen and oxygen atoms in total. The number of carbonyl (C=O) groups excluding carboxylic acids is 1. The number of nitrogens with zero attached hydrogens (tertiary/aromatic N) is 1. The van der Waals surface area contributed by atoms with Crippen LogP contribution in [0.3, 0.4) is 0 Å². The van der Waals surface area contributed by atoms with E-state index in [1.807, 2.05) is 18.2 Å². The van der Waals surface area contributed by atoms with Gasteiger partial charge in [-0.25, -0.2) is 0 Å². The van der Waals surface area contributed by atoms with Crippen LogP contribution in [-0.4, -0.2) is 50.2 Å². The molecule has 2 aromatic carbocycles. The third kappa shape index (κ3) is 5.73. The molecule has 0 saturated heterocycles. The van der Waals surface area contributed by atoms with Crippen LogP contribution < -0.4 is 19.8 Å². The van der Waals surface area contributed by atoms with E-state index in [1.54, 1.807) is 44.4 Å². The van der Waals surface area contributed by atoms with Crippen LogP contribution in [0.1, 0.15) is 18.4 Å². The Kier molecular flexibility index (Phi) is 8.00. The second-order valence-corrected chi connectivity index (χ2v) is 7.75. The molecule has 32 heavy (non-hydrogen) atoms. The zero-order valence-electron chi connectivity index (χ0n) is 18.4. The number of nitrogens with one attached hydrogen (secondary N) is 1. The van der Waals surface area contributed by atoms with E-state index in [1.165, 1.54) is 6.07 Å². The van der Waals surface area contributed by atoms with Crippen LogP contribution in [0.5, 0.6) is 17.2 Å². The minimum atomic E-state index is -0.184. The fourth-order valence-electron chi connectivity index (χ4n) is 3.34. The van der Waals surface area contributed by atoms with Gasteiger partial charge < -0.3 is 24.1 Å². The molecule has 8 heteroatoms. The quantitative estimate of drug-likeness (QED) is 0.463. The lowest BCUT2D eigenvalue weighted by Crippen LogP contribution is -2.28. The Morgan fingerprint density at radius 2 is 1.78 bits per heavy atom. The lowest BCUT2D eigenvalue weighted by Gasteiger charge is -2.18. The molecule has 0 saturated carbocycles. The van der Waals surface area contributed by atoms with Gasteiger partial charge in [0.2, 0.25) is 11.5 Å². The number of ether oxygens (including phenoxy) is 3. The first-order valence-electron chi connectivity index (χ1n) is 10.3. The van der Waals surface area contributed by atoms with Gasteiger partial charge in [-0.1, -0.05) is 17.7 Å². The second-order valence-electron chi connectivity index (χ2n) is 7.37. The van der Waals surface area contributed by atoms with Gasteiger partial charge in [0.1, 0.15) is 5.75 Å². The van der Waals surface area contributed by atoms with Gasteiger partial charge in [0.05, 0.1) is 31.4 Å². The maximum atomic E-state index is 12.4. The maximum absolute atomic E-state index is 12.4. The molecule has 0 spiro atoms. The van der Waals surface area contributed by atoms with Gasteiger partial charge in [-0.2, -0.15) is 0 Å². The average Bonchev–Trinajstić information content (AvgIpc) is 2.80. The minimum Gasteiger partial charge on any atom is -0.493 e. The molecule has 1 amide bonds. The molecule has 170 valence electrons. The highest BCUT2D eigenvalue weighted by atomic mass is 35.5. The number of pyridine rings is 1. The summed E-state index contributed by atoms with van der Waals surface area (Å²) in [5.74, 6) is 1.94. The lowest BCUT2D eigenvalue weighted by molar-refractivity contribution is -0.130. The molecule has 0 aliphatic carbocycles. The van der Waals surface area contributed by atoms with E-state index in [0.29, 0.717) is 60.2 Å². The van der Waals surface area contributed by atoms with Gasteiger partial charge >= 0.3 is 0 Å². The lowest BCUT2D eigenvalue weighted by atomic mass is 10.1. The molecule has 0 atom stereocenters. The summed E-state index contributed by atoms with van der Waals surface area (Å²) >= 11 is 6.39. The summed E-state index contributed by atoms with van der Waals surface area (Å²) in [5, 5.41) is 1.16. The van der Waals surface area contributed by atoms with Crippen molar-refractivity contribution in [3.63, 3.8) is 0 Å². The summed E-state index contributed by atoms with van der Waals surface area (Å²) in [5.41, 5.74) is 1.54. The van der Waals surface area contributed by atoms with E-state index in [0.717, 1.165) is 10.9 Å². The van der Waals surface area contributed by atoms with Crippen molar-refractivity contribution >= 4 is 28.4 Å². The van der Waals surface area contributed by atoms with Gasteiger partial charge in [0, 0.05) is 31.5 Å². The molecular formula is C24H27ClN2O5. The van der Waals surface area contributed by atoms with Crippen molar-refractivity contribution < 1.29 is 19.0 Å². The van der Waals surface area contributed by atoms with Gasteiger partial charge in [-0.3, -0.25) is 9.59 Å². The Morgan fingerprint density at radius 1 is 1.03 bits per heavy atom. The predicted octanol–water partition coefficient (Wildman–Crippen LogP) is 4.06. The number of fused-ring (bicyclic) bond motifs is 1. The zero-order chi connectivity index (χ0) is 23.1. The standard InChI is InChI=1S/C24H27ClN2O5/c1-27(13-12-16-6-9-19(30-2)21(15-16)31-3)23(29)5-4-14-32-20-10-8-18-17(24(20)25)7-11-22(28)26-18/h6-11,15H,4-5,12-14H2,1-3H3,(H,26,28). The van der Waals surface area contributed by atoms with E-state index >= 15 is 0 Å². The molecule has 3 rings (SSSR count). The van der Waals surface area contributed by atoms with Crippen LogP contribution in [0.4, 0.5) is 0 Å². The van der Waals surface area contributed by atoms with Crippen molar-refractivity contribution in [2.45, 2.75) is 19.3 Å². The Labute approximate surface area is 191 Å². The SMILES string of the molecule is COc1ccc(CCN(C)C(=O)CCCOc2ccc3[nH]c(=O)ccc3c2Cl)cc1OC. The Hall–Kier alpha value is -3.19. The number of methoxy groups -OCH3 is 2. The highest BCUT2D eigenvalue weighted by Crippen LogP contribution is 2.31. The number of hydrogen-bond acceptors (Lipinski definition) is 5. The molecule has 0 unspecified atom stereocenters. The number of aromatic nitrogens is 1. The molecule has 0 bridgehead atoms. The van der Waals surface area contributed by atoms with Crippen molar-refractivity contribution in [1.82, 2.24) is 9.88 Å². The van der Waals surface area contributed by atoms with Gasteiger partial charge in [0.25, 0.3) is 0 Å². The summed E-state index contributed by atoms with van der Waals surface area (Å²) in [6, 6.07) is 12.3. The van der Waals surface area contributed by atoms with Crippen LogP contribution in [0, 0.1) is 0 Å². The van der Waals surface area contributed by atoms with E-state index < -0.39 is 0 Å². The molecular weight excluding hydrogens is 432 g/mol. The normalized spacial score (nSPS) is 10.8. The molecule has 0 aliphatic rings. The molecule has 0 radical (unpaired) electrons. The highest BCUT2D eigenvalue weighted by Gasteiger charge is 2.11. The number of amides is 1. The number of likely N-dealkylation sites (N-methyl/N-ethyl adjacent to an activating group) is 1. The molecule has 3 aromatic rings. The van der Waals surface area contributed by atoms with Gasteiger partial charge in [-0.15, -0.1) is 0 Å². The summed E-state index contributed by atoms with van der Waals surface area (Å²) in [6.07, 6.45) is 1.66. The largest absolute Gasteiger partial charge is 0.493 e. The summed E-state index contributed by atoms with van der Waals surface area (Å²) in [6.45, 7) is 0.966. The predicted molar refractivity (Wildman–Crippen MR) is 125 cm³/mol. The first-order chi connectivity index (χ1) is 15.4. The van der Waals surface area contributed by atoms with Crippen molar-refractivity contribution in [3.05, 3.63) is 63.4 Å². The fraction of sp³-hybridized carbons (Fsp3) is 0.333. The molecule has 1 heterocycles. The van der Waals surface area contributed by atoms with Crippen molar-refractivity contribution in [3.8, 4) is 17.2 Å². The zero-order valence-corrected chi connectivity index (χ0v) is 19.2. The third-order valence-corrected chi connectivity index (χ3v) is 5.60. The van der Waals surface area contributed by atoms with E-state index in [2.05, 4.69) is 4.98 Å². The number of H-pyrrole nitrogens is 1.